The molecule has 1 saturated heterocycles. The van der Waals surface area contributed by atoms with Crippen molar-refractivity contribution in [3.05, 3.63) is 11.4 Å². The Morgan fingerprint density at radius 2 is 2.05 bits per heavy atom. The van der Waals surface area contributed by atoms with Crippen LogP contribution in [0.25, 0.3) is 0 Å². The number of hydrogen-bond acceptors (Lipinski definition) is 4. The minimum Gasteiger partial charge on any atom is -0.370 e. The predicted molar refractivity (Wildman–Crippen MR) is 85.6 cm³/mol. The maximum atomic E-state index is 4.81. The lowest BCUT2D eigenvalue weighted by atomic mass is 10.1. The molecule has 4 heteroatoms. The monoisotopic (exact) mass is 276 g/mol. The Morgan fingerprint density at radius 1 is 1.25 bits per heavy atom. The maximum Gasteiger partial charge on any atom is 0.137 e. The van der Waals surface area contributed by atoms with E-state index in [0.717, 1.165) is 43.4 Å². The standard InChI is InChI=1S/C16H28N4/c1-5-10-17-15-12(4)16(19-14(7-3)18-15)20-11-8-9-13(20)6-2/h13H,5-11H2,1-4H3,(H,17,18,19). The highest BCUT2D eigenvalue weighted by Crippen LogP contribution is 2.31. The van der Waals surface area contributed by atoms with Crippen molar-refractivity contribution in [3.63, 3.8) is 0 Å². The Balaban J connectivity index is 2.35. The quantitative estimate of drug-likeness (QED) is 0.862. The first-order valence-electron chi connectivity index (χ1n) is 8.09. The van der Waals surface area contributed by atoms with Crippen LogP contribution in [0.4, 0.5) is 11.6 Å². The van der Waals surface area contributed by atoms with E-state index in [2.05, 4.69) is 42.9 Å². The third-order valence-electron chi connectivity index (χ3n) is 4.15. The van der Waals surface area contributed by atoms with Gasteiger partial charge in [0.1, 0.15) is 17.5 Å². The van der Waals surface area contributed by atoms with Crippen molar-refractivity contribution >= 4 is 11.6 Å². The Labute approximate surface area is 123 Å². The summed E-state index contributed by atoms with van der Waals surface area (Å²) in [6.45, 7) is 10.8. The summed E-state index contributed by atoms with van der Waals surface area (Å²) in [7, 11) is 0. The van der Waals surface area contributed by atoms with Crippen LogP contribution in [0, 0.1) is 6.92 Å². The zero-order valence-corrected chi connectivity index (χ0v) is 13.4. The minimum atomic E-state index is 0.646. The fourth-order valence-electron chi connectivity index (χ4n) is 2.94. The molecule has 2 heterocycles. The van der Waals surface area contributed by atoms with Crippen LogP contribution < -0.4 is 10.2 Å². The van der Waals surface area contributed by atoms with E-state index in [1.165, 1.54) is 24.8 Å². The van der Waals surface area contributed by atoms with Crippen LogP contribution >= 0.6 is 0 Å². The van der Waals surface area contributed by atoms with E-state index in [4.69, 9.17) is 4.98 Å². The molecule has 1 aromatic heterocycles. The molecule has 4 nitrogen and oxygen atoms in total. The summed E-state index contributed by atoms with van der Waals surface area (Å²) < 4.78 is 0. The summed E-state index contributed by atoms with van der Waals surface area (Å²) in [6.07, 6.45) is 5.77. The summed E-state index contributed by atoms with van der Waals surface area (Å²) in [4.78, 5) is 12.0. The van der Waals surface area contributed by atoms with Crippen molar-refractivity contribution in [3.8, 4) is 0 Å². The first-order valence-corrected chi connectivity index (χ1v) is 8.09. The van der Waals surface area contributed by atoms with Crippen LogP contribution in [0.5, 0.6) is 0 Å². The number of hydrogen-bond donors (Lipinski definition) is 1. The first kappa shape index (κ1) is 15.1. The van der Waals surface area contributed by atoms with E-state index < -0.39 is 0 Å². The third kappa shape index (κ3) is 3.05. The molecular weight excluding hydrogens is 248 g/mol. The summed E-state index contributed by atoms with van der Waals surface area (Å²) in [5, 5.41) is 3.46. The van der Waals surface area contributed by atoms with E-state index in [1.54, 1.807) is 0 Å². The topological polar surface area (TPSA) is 41.1 Å². The van der Waals surface area contributed by atoms with Gasteiger partial charge in [0, 0.05) is 31.1 Å². The summed E-state index contributed by atoms with van der Waals surface area (Å²) in [5.41, 5.74) is 1.20. The van der Waals surface area contributed by atoms with Crippen molar-refractivity contribution in [2.45, 2.75) is 65.8 Å². The molecule has 112 valence electrons. The van der Waals surface area contributed by atoms with Gasteiger partial charge in [0.15, 0.2) is 0 Å². The average molecular weight is 276 g/mol. The summed E-state index contributed by atoms with van der Waals surface area (Å²) >= 11 is 0. The summed E-state index contributed by atoms with van der Waals surface area (Å²) in [6, 6.07) is 0.646. The Bertz CT molecular complexity index is 444. The second kappa shape index (κ2) is 6.91. The molecule has 0 aliphatic carbocycles. The molecule has 0 radical (unpaired) electrons. The Kier molecular flexibility index (Phi) is 5.21. The largest absolute Gasteiger partial charge is 0.370 e. The van der Waals surface area contributed by atoms with Gasteiger partial charge in [-0.05, 0) is 32.6 Å². The second-order valence-corrected chi connectivity index (χ2v) is 5.62. The smallest absolute Gasteiger partial charge is 0.137 e. The van der Waals surface area contributed by atoms with Gasteiger partial charge in [-0.15, -0.1) is 0 Å². The van der Waals surface area contributed by atoms with Gasteiger partial charge < -0.3 is 10.2 Å². The molecule has 0 aromatic carbocycles. The van der Waals surface area contributed by atoms with Gasteiger partial charge in [0.05, 0.1) is 0 Å². The minimum absolute atomic E-state index is 0.646. The van der Waals surface area contributed by atoms with Crippen molar-refractivity contribution in [2.75, 3.05) is 23.3 Å². The van der Waals surface area contributed by atoms with E-state index in [9.17, 15) is 0 Å². The van der Waals surface area contributed by atoms with E-state index in [-0.39, 0.29) is 0 Å². The van der Waals surface area contributed by atoms with Crippen LogP contribution in [0.2, 0.25) is 0 Å². The van der Waals surface area contributed by atoms with Crippen LogP contribution in [0.3, 0.4) is 0 Å². The second-order valence-electron chi connectivity index (χ2n) is 5.62. The van der Waals surface area contributed by atoms with Gasteiger partial charge in [-0.25, -0.2) is 9.97 Å². The Hall–Kier alpha value is -1.32. The molecule has 0 saturated carbocycles. The number of anilines is 2. The molecular formula is C16H28N4. The molecule has 0 amide bonds. The molecule has 1 fully saturated rings. The maximum absolute atomic E-state index is 4.81. The first-order chi connectivity index (χ1) is 9.71. The fourth-order valence-corrected chi connectivity index (χ4v) is 2.94. The normalized spacial score (nSPS) is 18.6. The highest BCUT2D eigenvalue weighted by molar-refractivity contribution is 5.59. The number of rotatable bonds is 6. The zero-order valence-electron chi connectivity index (χ0n) is 13.4. The number of nitrogens with zero attached hydrogens (tertiary/aromatic N) is 3. The van der Waals surface area contributed by atoms with Gasteiger partial charge in [0.25, 0.3) is 0 Å². The lowest BCUT2D eigenvalue weighted by Gasteiger charge is -2.27. The molecule has 0 spiro atoms. The molecule has 20 heavy (non-hydrogen) atoms. The SMILES string of the molecule is CCCNc1nc(CC)nc(N2CCCC2CC)c1C. The third-order valence-corrected chi connectivity index (χ3v) is 4.15. The van der Waals surface area contributed by atoms with Crippen LogP contribution in [-0.2, 0) is 6.42 Å². The van der Waals surface area contributed by atoms with Crippen LogP contribution in [0.1, 0.15) is 57.8 Å². The van der Waals surface area contributed by atoms with E-state index in [0.29, 0.717) is 6.04 Å². The van der Waals surface area contributed by atoms with Crippen molar-refractivity contribution in [1.29, 1.82) is 0 Å². The predicted octanol–water partition coefficient (Wildman–Crippen LogP) is 3.55. The Morgan fingerprint density at radius 3 is 2.70 bits per heavy atom. The number of aryl methyl sites for hydroxylation is 1. The van der Waals surface area contributed by atoms with Gasteiger partial charge in [0.2, 0.25) is 0 Å². The lowest BCUT2D eigenvalue weighted by Crippen LogP contribution is -2.30. The van der Waals surface area contributed by atoms with Crippen molar-refractivity contribution in [2.24, 2.45) is 0 Å². The average Bonchev–Trinajstić information content (AvgIpc) is 2.94. The highest BCUT2D eigenvalue weighted by atomic mass is 15.2. The van der Waals surface area contributed by atoms with Gasteiger partial charge in [-0.2, -0.15) is 0 Å². The van der Waals surface area contributed by atoms with Crippen molar-refractivity contribution in [1.82, 2.24) is 9.97 Å². The van der Waals surface area contributed by atoms with Crippen LogP contribution in [-0.4, -0.2) is 29.1 Å². The molecule has 1 unspecified atom stereocenters. The van der Waals surface area contributed by atoms with Gasteiger partial charge in [-0.1, -0.05) is 20.8 Å². The lowest BCUT2D eigenvalue weighted by molar-refractivity contribution is 0.637. The molecule has 1 aliphatic rings. The summed E-state index contributed by atoms with van der Waals surface area (Å²) in [5.74, 6) is 3.13. The molecule has 1 atom stereocenters. The molecule has 1 aliphatic heterocycles. The number of aromatic nitrogens is 2. The molecule has 1 aromatic rings. The zero-order chi connectivity index (χ0) is 14.5. The molecule has 2 rings (SSSR count). The highest BCUT2D eigenvalue weighted by Gasteiger charge is 2.26. The van der Waals surface area contributed by atoms with Gasteiger partial charge >= 0.3 is 0 Å². The van der Waals surface area contributed by atoms with E-state index in [1.807, 2.05) is 0 Å². The molecule has 0 bridgehead atoms. The number of nitrogens with one attached hydrogen (secondary N) is 1. The van der Waals surface area contributed by atoms with E-state index >= 15 is 0 Å². The van der Waals surface area contributed by atoms with Crippen LogP contribution in [0.15, 0.2) is 0 Å². The molecule has 1 N–H and O–H groups in total. The fraction of sp³-hybridized carbons (Fsp3) is 0.750. The van der Waals surface area contributed by atoms with Crippen molar-refractivity contribution < 1.29 is 0 Å². The van der Waals surface area contributed by atoms with Gasteiger partial charge in [-0.3, -0.25) is 0 Å².